The Labute approximate surface area is 107 Å². The van der Waals surface area contributed by atoms with E-state index in [0.29, 0.717) is 12.1 Å². The van der Waals surface area contributed by atoms with E-state index in [1.54, 1.807) is 0 Å². The molecule has 100 valence electrons. The summed E-state index contributed by atoms with van der Waals surface area (Å²) in [5.41, 5.74) is 2.36. The van der Waals surface area contributed by atoms with Crippen molar-refractivity contribution in [1.82, 2.24) is 15.5 Å². The van der Waals surface area contributed by atoms with Gasteiger partial charge in [0.05, 0.1) is 6.17 Å². The molecule has 0 bridgehead atoms. The number of nitrogens with one attached hydrogen (secondary N) is 2. The largest absolute Gasteiger partial charge is 0.383 e. The van der Waals surface area contributed by atoms with Crippen molar-refractivity contribution in [2.45, 2.75) is 33.9 Å². The van der Waals surface area contributed by atoms with Crippen molar-refractivity contribution in [1.29, 1.82) is 0 Å². The molecule has 0 spiro atoms. The van der Waals surface area contributed by atoms with Crippen molar-refractivity contribution in [3.05, 3.63) is 23.9 Å². The highest BCUT2D eigenvalue weighted by molar-refractivity contribution is 5.27. The minimum atomic E-state index is 0.322. The fourth-order valence-electron chi connectivity index (χ4n) is 1.37. The first-order chi connectivity index (χ1) is 7.82. The number of rotatable bonds is 8. The monoisotopic (exact) mass is 239 g/mol. The number of nitrogens with zero attached hydrogens (tertiary/aromatic N) is 1. The molecular formula is C14H29N3. The SMILES string of the molecule is C=C(C)/C(=C/N(C)C)CNC(C)NCC(C)C. The molecule has 2 N–H and O–H groups in total. The van der Waals surface area contributed by atoms with Gasteiger partial charge in [0.15, 0.2) is 0 Å². The maximum absolute atomic E-state index is 4.01. The molecule has 0 aliphatic rings. The molecule has 3 nitrogen and oxygen atoms in total. The van der Waals surface area contributed by atoms with Gasteiger partial charge in [-0.25, -0.2) is 0 Å². The van der Waals surface area contributed by atoms with E-state index >= 15 is 0 Å². The molecule has 0 heterocycles. The first-order valence-electron chi connectivity index (χ1n) is 6.32. The zero-order valence-electron chi connectivity index (χ0n) is 12.3. The third-order valence-corrected chi connectivity index (χ3v) is 2.39. The summed E-state index contributed by atoms with van der Waals surface area (Å²) < 4.78 is 0. The summed E-state index contributed by atoms with van der Waals surface area (Å²) in [6, 6.07) is 0. The lowest BCUT2D eigenvalue weighted by atomic mass is 10.1. The van der Waals surface area contributed by atoms with Crippen LogP contribution in [0.15, 0.2) is 23.9 Å². The van der Waals surface area contributed by atoms with Gasteiger partial charge in [-0.15, -0.1) is 0 Å². The Hall–Kier alpha value is -0.800. The van der Waals surface area contributed by atoms with Crippen LogP contribution in [-0.4, -0.2) is 38.3 Å². The number of hydrogen-bond donors (Lipinski definition) is 2. The van der Waals surface area contributed by atoms with E-state index in [1.807, 2.05) is 21.0 Å². The van der Waals surface area contributed by atoms with E-state index in [-0.39, 0.29) is 0 Å². The fraction of sp³-hybridized carbons (Fsp3) is 0.714. The first kappa shape index (κ1) is 16.2. The van der Waals surface area contributed by atoms with E-state index in [2.05, 4.69) is 49.1 Å². The van der Waals surface area contributed by atoms with E-state index in [4.69, 9.17) is 0 Å². The summed E-state index contributed by atoms with van der Waals surface area (Å²) in [6.07, 6.45) is 2.44. The van der Waals surface area contributed by atoms with Crippen molar-refractivity contribution in [3.63, 3.8) is 0 Å². The zero-order chi connectivity index (χ0) is 13.4. The molecule has 0 fully saturated rings. The van der Waals surface area contributed by atoms with Gasteiger partial charge in [-0.1, -0.05) is 26.0 Å². The van der Waals surface area contributed by atoms with Gasteiger partial charge in [-0.05, 0) is 31.9 Å². The topological polar surface area (TPSA) is 27.3 Å². The summed E-state index contributed by atoms with van der Waals surface area (Å²) in [5.74, 6) is 0.678. The van der Waals surface area contributed by atoms with E-state index in [1.165, 1.54) is 5.57 Å². The Morgan fingerprint density at radius 1 is 1.24 bits per heavy atom. The molecule has 0 saturated heterocycles. The molecule has 0 rings (SSSR count). The average molecular weight is 239 g/mol. The van der Waals surface area contributed by atoms with E-state index in [9.17, 15) is 0 Å². The quantitative estimate of drug-likeness (QED) is 0.502. The highest BCUT2D eigenvalue weighted by Crippen LogP contribution is 2.06. The maximum Gasteiger partial charge on any atom is 0.0545 e. The van der Waals surface area contributed by atoms with Gasteiger partial charge in [0.2, 0.25) is 0 Å². The molecule has 17 heavy (non-hydrogen) atoms. The smallest absolute Gasteiger partial charge is 0.0545 e. The molecule has 0 saturated carbocycles. The van der Waals surface area contributed by atoms with Gasteiger partial charge in [-0.3, -0.25) is 5.32 Å². The molecule has 3 heteroatoms. The van der Waals surface area contributed by atoms with Crippen LogP contribution in [0.3, 0.4) is 0 Å². The Balaban J connectivity index is 4.09. The maximum atomic E-state index is 4.01. The van der Waals surface area contributed by atoms with Crippen LogP contribution in [0.5, 0.6) is 0 Å². The molecule has 0 aromatic heterocycles. The van der Waals surface area contributed by atoms with E-state index < -0.39 is 0 Å². The second-order valence-corrected chi connectivity index (χ2v) is 5.30. The molecule has 0 aliphatic heterocycles. The molecule has 0 aromatic carbocycles. The van der Waals surface area contributed by atoms with Crippen LogP contribution < -0.4 is 10.6 Å². The first-order valence-corrected chi connectivity index (χ1v) is 6.32. The van der Waals surface area contributed by atoms with Crippen molar-refractivity contribution < 1.29 is 0 Å². The van der Waals surface area contributed by atoms with Crippen molar-refractivity contribution in [2.75, 3.05) is 27.2 Å². The Morgan fingerprint density at radius 3 is 2.24 bits per heavy atom. The molecular weight excluding hydrogens is 210 g/mol. The van der Waals surface area contributed by atoms with Crippen LogP contribution in [-0.2, 0) is 0 Å². The van der Waals surface area contributed by atoms with Crippen LogP contribution in [0.25, 0.3) is 0 Å². The number of hydrogen-bond acceptors (Lipinski definition) is 3. The summed E-state index contributed by atoms with van der Waals surface area (Å²) in [6.45, 7) is 14.5. The molecule has 1 unspecified atom stereocenters. The Morgan fingerprint density at radius 2 is 1.82 bits per heavy atom. The summed E-state index contributed by atoms with van der Waals surface area (Å²) in [5, 5.41) is 6.91. The highest BCUT2D eigenvalue weighted by atomic mass is 15.1. The van der Waals surface area contributed by atoms with Gasteiger partial charge >= 0.3 is 0 Å². The Bertz CT molecular complexity index is 254. The summed E-state index contributed by atoms with van der Waals surface area (Å²) in [4.78, 5) is 2.05. The molecule has 1 atom stereocenters. The lowest BCUT2D eigenvalue weighted by molar-refractivity contribution is 0.431. The minimum absolute atomic E-state index is 0.322. The molecule has 0 aliphatic carbocycles. The van der Waals surface area contributed by atoms with Gasteiger partial charge in [0.1, 0.15) is 0 Å². The fourth-order valence-corrected chi connectivity index (χ4v) is 1.37. The zero-order valence-corrected chi connectivity index (χ0v) is 12.3. The van der Waals surface area contributed by atoms with Crippen molar-refractivity contribution in [2.24, 2.45) is 5.92 Å². The molecule has 0 radical (unpaired) electrons. The Kier molecular flexibility index (Phi) is 7.92. The van der Waals surface area contributed by atoms with Crippen molar-refractivity contribution in [3.8, 4) is 0 Å². The molecule has 0 aromatic rings. The van der Waals surface area contributed by atoms with Gasteiger partial charge in [0.25, 0.3) is 0 Å². The van der Waals surface area contributed by atoms with Crippen molar-refractivity contribution >= 4 is 0 Å². The minimum Gasteiger partial charge on any atom is -0.383 e. The summed E-state index contributed by atoms with van der Waals surface area (Å²) in [7, 11) is 4.06. The third kappa shape index (κ3) is 8.95. The standard InChI is InChI=1S/C14H29N3/c1-11(2)8-15-13(5)16-9-14(12(3)4)10-17(6)7/h10-11,13,15-16H,3,8-9H2,1-2,4-7H3/b14-10+. The predicted octanol–water partition coefficient (Wildman–Crippen LogP) is 2.19. The van der Waals surface area contributed by atoms with Crippen LogP contribution in [0, 0.1) is 5.92 Å². The second kappa shape index (κ2) is 8.31. The summed E-state index contributed by atoms with van der Waals surface area (Å²) >= 11 is 0. The molecule has 0 amide bonds. The van der Waals surface area contributed by atoms with Crippen LogP contribution in [0.1, 0.15) is 27.7 Å². The lowest BCUT2D eigenvalue weighted by Gasteiger charge is -2.19. The van der Waals surface area contributed by atoms with Gasteiger partial charge in [0, 0.05) is 26.8 Å². The second-order valence-electron chi connectivity index (χ2n) is 5.30. The van der Waals surface area contributed by atoms with Gasteiger partial charge < -0.3 is 10.2 Å². The predicted molar refractivity (Wildman–Crippen MR) is 76.9 cm³/mol. The average Bonchev–Trinajstić information content (AvgIpc) is 2.20. The highest BCUT2D eigenvalue weighted by Gasteiger charge is 2.04. The van der Waals surface area contributed by atoms with Gasteiger partial charge in [-0.2, -0.15) is 0 Å². The lowest BCUT2D eigenvalue weighted by Crippen LogP contribution is -2.42. The van der Waals surface area contributed by atoms with Crippen LogP contribution >= 0.6 is 0 Å². The van der Waals surface area contributed by atoms with Crippen LogP contribution in [0.4, 0.5) is 0 Å². The van der Waals surface area contributed by atoms with Crippen LogP contribution in [0.2, 0.25) is 0 Å². The normalized spacial score (nSPS) is 13.9. The third-order valence-electron chi connectivity index (χ3n) is 2.39. The van der Waals surface area contributed by atoms with E-state index in [0.717, 1.165) is 18.7 Å².